The van der Waals surface area contributed by atoms with Gasteiger partial charge >= 0.3 is 0 Å². The molecule has 32 heavy (non-hydrogen) atoms. The second-order valence-corrected chi connectivity index (χ2v) is 11.2. The summed E-state index contributed by atoms with van der Waals surface area (Å²) in [5.74, 6) is 0.366. The average molecular weight is 475 g/mol. The van der Waals surface area contributed by atoms with E-state index < -0.39 is 15.9 Å². The van der Waals surface area contributed by atoms with Gasteiger partial charge in [-0.2, -0.15) is 4.31 Å². The summed E-state index contributed by atoms with van der Waals surface area (Å²) in [4.78, 5) is 13.0. The Balaban J connectivity index is 1.65. The number of aryl methyl sites for hydroxylation is 2. The Hall–Kier alpha value is -2.35. The molecule has 0 radical (unpaired) electrons. The number of furan rings is 1. The SMILES string of the molecule is Cc1ccc(NC(=O)c2oc3ccc(S(=O)(=O)N4C[C@@H](C)C[C@H](C)C4)cc3c2C)cc1Cl. The fourth-order valence-corrected chi connectivity index (χ4v) is 6.27. The van der Waals surface area contributed by atoms with Gasteiger partial charge in [0.2, 0.25) is 10.0 Å². The Labute approximate surface area is 193 Å². The van der Waals surface area contributed by atoms with Crippen LogP contribution in [0, 0.1) is 25.7 Å². The van der Waals surface area contributed by atoms with Crippen molar-refractivity contribution in [2.24, 2.45) is 11.8 Å². The monoisotopic (exact) mass is 474 g/mol. The second-order valence-electron chi connectivity index (χ2n) is 8.90. The van der Waals surface area contributed by atoms with E-state index in [1.165, 1.54) is 0 Å². The topological polar surface area (TPSA) is 79.6 Å². The van der Waals surface area contributed by atoms with E-state index >= 15 is 0 Å². The molecule has 1 aliphatic heterocycles. The van der Waals surface area contributed by atoms with Crippen LogP contribution in [-0.2, 0) is 10.0 Å². The van der Waals surface area contributed by atoms with E-state index in [4.69, 9.17) is 16.0 Å². The van der Waals surface area contributed by atoms with Gasteiger partial charge in [0.05, 0.1) is 4.90 Å². The van der Waals surface area contributed by atoms with E-state index in [1.54, 1.807) is 41.6 Å². The molecule has 1 amide bonds. The molecule has 1 saturated heterocycles. The number of hydrogen-bond acceptors (Lipinski definition) is 4. The Kier molecular flexibility index (Phi) is 6.09. The number of carbonyl (C=O) groups excluding carboxylic acids is 1. The number of halogens is 1. The molecule has 4 rings (SSSR count). The minimum atomic E-state index is -3.63. The van der Waals surface area contributed by atoms with E-state index in [2.05, 4.69) is 19.2 Å². The Morgan fingerprint density at radius 3 is 2.44 bits per heavy atom. The van der Waals surface area contributed by atoms with Gasteiger partial charge in [0.1, 0.15) is 5.58 Å². The summed E-state index contributed by atoms with van der Waals surface area (Å²) in [5, 5.41) is 3.95. The number of rotatable bonds is 4. The standard InChI is InChI=1S/C24H27ClN2O4S/c1-14-9-15(2)13-27(12-14)32(29,30)19-7-8-22-20(11-19)17(4)23(31-22)24(28)26-18-6-5-16(3)21(25)10-18/h5-8,10-11,14-15H,9,12-13H2,1-4H3,(H,26,28)/t14-,15-/m0/s1. The van der Waals surface area contributed by atoms with Gasteiger partial charge in [-0.25, -0.2) is 8.42 Å². The lowest BCUT2D eigenvalue weighted by molar-refractivity contribution is 0.0998. The first kappa shape index (κ1) is 22.8. The summed E-state index contributed by atoms with van der Waals surface area (Å²) < 4.78 is 33.9. The van der Waals surface area contributed by atoms with Crippen LogP contribution in [0.15, 0.2) is 45.7 Å². The summed E-state index contributed by atoms with van der Waals surface area (Å²) in [6.07, 6.45) is 1.02. The maximum Gasteiger partial charge on any atom is 0.291 e. The van der Waals surface area contributed by atoms with Crippen LogP contribution >= 0.6 is 11.6 Å². The lowest BCUT2D eigenvalue weighted by Gasteiger charge is -2.34. The van der Waals surface area contributed by atoms with Crippen LogP contribution in [0.1, 0.15) is 41.9 Å². The quantitative estimate of drug-likeness (QED) is 0.532. The Morgan fingerprint density at radius 1 is 1.09 bits per heavy atom. The molecule has 0 unspecified atom stereocenters. The number of sulfonamides is 1. The van der Waals surface area contributed by atoms with Gasteiger partial charge in [0.25, 0.3) is 5.91 Å². The van der Waals surface area contributed by atoms with Crippen molar-refractivity contribution < 1.29 is 17.6 Å². The highest BCUT2D eigenvalue weighted by Crippen LogP contribution is 2.32. The molecule has 2 aromatic carbocycles. The number of nitrogens with zero attached hydrogens (tertiary/aromatic N) is 1. The molecule has 0 aliphatic carbocycles. The first-order chi connectivity index (χ1) is 15.1. The molecule has 1 aliphatic rings. The van der Waals surface area contributed by atoms with Gasteiger partial charge in [-0.15, -0.1) is 0 Å². The molecular formula is C24H27ClN2O4S. The van der Waals surface area contributed by atoms with Crippen molar-refractivity contribution in [2.75, 3.05) is 18.4 Å². The van der Waals surface area contributed by atoms with Gasteiger partial charge in [-0.05, 0) is 68.0 Å². The molecule has 3 aromatic rings. The maximum absolute atomic E-state index is 13.3. The maximum atomic E-state index is 13.3. The number of anilines is 1. The number of amides is 1. The molecule has 2 atom stereocenters. The highest BCUT2D eigenvalue weighted by molar-refractivity contribution is 7.89. The number of hydrogen-bond donors (Lipinski definition) is 1. The number of benzene rings is 2. The number of fused-ring (bicyclic) bond motifs is 1. The minimum Gasteiger partial charge on any atom is -0.451 e. The largest absolute Gasteiger partial charge is 0.451 e. The van der Waals surface area contributed by atoms with Crippen molar-refractivity contribution in [1.82, 2.24) is 4.31 Å². The zero-order valence-electron chi connectivity index (χ0n) is 18.6. The highest BCUT2D eigenvalue weighted by Gasteiger charge is 2.32. The summed E-state index contributed by atoms with van der Waals surface area (Å²) in [7, 11) is -3.63. The molecule has 8 heteroatoms. The van der Waals surface area contributed by atoms with Gasteiger partial charge in [-0.1, -0.05) is 31.5 Å². The van der Waals surface area contributed by atoms with Crippen molar-refractivity contribution in [3.63, 3.8) is 0 Å². The van der Waals surface area contributed by atoms with E-state index in [0.717, 1.165) is 12.0 Å². The van der Waals surface area contributed by atoms with Gasteiger partial charge in [-0.3, -0.25) is 4.79 Å². The Morgan fingerprint density at radius 2 is 1.78 bits per heavy atom. The van der Waals surface area contributed by atoms with Crippen molar-refractivity contribution in [3.8, 4) is 0 Å². The summed E-state index contributed by atoms with van der Waals surface area (Å²) in [5.41, 5.74) is 2.53. The third-order valence-electron chi connectivity index (χ3n) is 6.02. The zero-order chi connectivity index (χ0) is 23.2. The molecule has 170 valence electrons. The third-order valence-corrected chi connectivity index (χ3v) is 8.25. The van der Waals surface area contributed by atoms with Crippen LogP contribution in [0.2, 0.25) is 5.02 Å². The number of carbonyl (C=O) groups is 1. The van der Waals surface area contributed by atoms with Crippen molar-refractivity contribution >= 4 is 44.2 Å². The molecule has 6 nitrogen and oxygen atoms in total. The van der Waals surface area contributed by atoms with Crippen molar-refractivity contribution in [1.29, 1.82) is 0 Å². The molecule has 1 aromatic heterocycles. The number of piperidine rings is 1. The summed E-state index contributed by atoms with van der Waals surface area (Å²) >= 11 is 6.15. The van der Waals surface area contributed by atoms with E-state index in [9.17, 15) is 13.2 Å². The van der Waals surface area contributed by atoms with E-state index in [1.807, 2.05) is 13.0 Å². The predicted molar refractivity (Wildman–Crippen MR) is 127 cm³/mol. The predicted octanol–water partition coefficient (Wildman–Crippen LogP) is 5.62. The van der Waals surface area contributed by atoms with Gasteiger partial charge in [0.15, 0.2) is 5.76 Å². The van der Waals surface area contributed by atoms with Crippen LogP contribution in [0.4, 0.5) is 5.69 Å². The van der Waals surface area contributed by atoms with Gasteiger partial charge in [0, 0.05) is 34.7 Å². The second kappa shape index (κ2) is 8.54. The molecular weight excluding hydrogens is 448 g/mol. The van der Waals surface area contributed by atoms with Crippen molar-refractivity contribution in [3.05, 3.63) is 58.3 Å². The molecule has 2 heterocycles. The number of nitrogens with one attached hydrogen (secondary N) is 1. The normalized spacial score (nSPS) is 19.9. The first-order valence-corrected chi connectivity index (χ1v) is 12.5. The molecule has 0 saturated carbocycles. The van der Waals surface area contributed by atoms with Crippen molar-refractivity contribution in [2.45, 2.75) is 39.0 Å². The lowest BCUT2D eigenvalue weighted by atomic mass is 9.94. The van der Waals surface area contributed by atoms with Crippen LogP contribution in [0.3, 0.4) is 0 Å². The molecule has 0 spiro atoms. The lowest BCUT2D eigenvalue weighted by Crippen LogP contribution is -2.42. The fraction of sp³-hybridized carbons (Fsp3) is 0.375. The molecule has 1 fully saturated rings. The highest BCUT2D eigenvalue weighted by atomic mass is 35.5. The van der Waals surface area contributed by atoms with E-state index in [-0.39, 0.29) is 10.7 Å². The first-order valence-electron chi connectivity index (χ1n) is 10.7. The summed E-state index contributed by atoms with van der Waals surface area (Å²) in [6, 6.07) is 10.0. The average Bonchev–Trinajstić information content (AvgIpc) is 3.06. The van der Waals surface area contributed by atoms with Gasteiger partial charge < -0.3 is 9.73 Å². The minimum absolute atomic E-state index is 0.145. The zero-order valence-corrected chi connectivity index (χ0v) is 20.2. The molecule has 1 N–H and O–H groups in total. The fourth-order valence-electron chi connectivity index (χ4n) is 4.39. The van der Waals surface area contributed by atoms with Crippen LogP contribution in [-0.4, -0.2) is 31.7 Å². The van der Waals surface area contributed by atoms with Crippen LogP contribution < -0.4 is 5.32 Å². The summed E-state index contributed by atoms with van der Waals surface area (Å²) in [6.45, 7) is 8.82. The van der Waals surface area contributed by atoms with Crippen LogP contribution in [0.25, 0.3) is 11.0 Å². The molecule has 0 bridgehead atoms. The third kappa shape index (κ3) is 4.29. The Bertz CT molecular complexity index is 1290. The smallest absolute Gasteiger partial charge is 0.291 e. The van der Waals surface area contributed by atoms with E-state index in [0.29, 0.717) is 52.2 Å². The van der Waals surface area contributed by atoms with Crippen LogP contribution in [0.5, 0.6) is 0 Å².